The van der Waals surface area contributed by atoms with Crippen molar-refractivity contribution >= 4 is 5.78 Å². The summed E-state index contributed by atoms with van der Waals surface area (Å²) in [7, 11) is 0. The van der Waals surface area contributed by atoms with E-state index >= 15 is 0 Å². The average molecular weight is 461 g/mol. The molecule has 1 heteroatoms. The summed E-state index contributed by atoms with van der Waals surface area (Å²) in [5, 5.41) is 0. The Balaban J connectivity index is 2.06. The minimum Gasteiger partial charge on any atom is -0.300 e. The van der Waals surface area contributed by atoms with E-state index < -0.39 is 0 Å². The number of carbonyl (C=O) groups is 1. The normalized spacial score (nSPS) is 32.3. The molecule has 0 heterocycles. The highest BCUT2D eigenvalue weighted by molar-refractivity contribution is 5.78. The van der Waals surface area contributed by atoms with Crippen LogP contribution in [0.5, 0.6) is 0 Å². The molecule has 0 saturated heterocycles. The molecular weight excluding hydrogens is 400 g/mol. The summed E-state index contributed by atoms with van der Waals surface area (Å²) in [5.41, 5.74) is 0. The van der Waals surface area contributed by atoms with E-state index in [9.17, 15) is 4.79 Å². The second kappa shape index (κ2) is 18.0. The Kier molecular flexibility index (Phi) is 15.8. The van der Waals surface area contributed by atoms with E-state index in [1.54, 1.807) is 0 Å². The van der Waals surface area contributed by atoms with Gasteiger partial charge in [0.15, 0.2) is 0 Å². The predicted molar refractivity (Wildman–Crippen MR) is 146 cm³/mol. The van der Waals surface area contributed by atoms with Crippen LogP contribution in [-0.2, 0) is 4.79 Å². The molecule has 33 heavy (non-hydrogen) atoms. The van der Waals surface area contributed by atoms with Gasteiger partial charge >= 0.3 is 0 Å². The molecule has 0 radical (unpaired) electrons. The molecule has 3 unspecified atom stereocenters. The largest absolute Gasteiger partial charge is 0.300 e. The Morgan fingerprint density at radius 2 is 0.909 bits per heavy atom. The molecule has 194 valence electrons. The Morgan fingerprint density at radius 1 is 0.485 bits per heavy atom. The molecule has 0 spiro atoms. The van der Waals surface area contributed by atoms with Gasteiger partial charge in [-0.05, 0) is 43.4 Å². The van der Waals surface area contributed by atoms with Gasteiger partial charge in [-0.2, -0.15) is 0 Å². The summed E-state index contributed by atoms with van der Waals surface area (Å²) in [5.74, 6) is 3.87. The standard InChI is InChI=1S/C32H60O/c1-27-20-16-15-17-21-28(2)32(29(3)33)26-31(25-24-27)30-22-18-13-11-9-7-5-4-6-8-10-12-14-19-23-30/h27-28,30-32H,4-26H2,1-3H3/t27?,28?,31?,32-/m0/s1. The predicted octanol–water partition coefficient (Wildman–Crippen LogP) is 10.7. The van der Waals surface area contributed by atoms with Gasteiger partial charge in [0.2, 0.25) is 0 Å². The first-order chi connectivity index (χ1) is 16.1. The van der Waals surface area contributed by atoms with Crippen LogP contribution in [0.3, 0.4) is 0 Å². The van der Waals surface area contributed by atoms with Crippen LogP contribution in [0, 0.1) is 29.6 Å². The van der Waals surface area contributed by atoms with Crippen molar-refractivity contribution in [1.29, 1.82) is 0 Å². The van der Waals surface area contributed by atoms with Gasteiger partial charge in [0.05, 0.1) is 0 Å². The van der Waals surface area contributed by atoms with Crippen LogP contribution >= 0.6 is 0 Å². The first kappa shape index (κ1) is 28.9. The summed E-state index contributed by atoms with van der Waals surface area (Å²) in [6.45, 7) is 6.77. The Bertz CT molecular complexity index is 467. The fraction of sp³-hybridized carbons (Fsp3) is 0.969. The third kappa shape index (κ3) is 12.8. The second-order valence-corrected chi connectivity index (χ2v) is 12.4. The van der Waals surface area contributed by atoms with Crippen LogP contribution in [0.15, 0.2) is 0 Å². The molecule has 0 bridgehead atoms. The van der Waals surface area contributed by atoms with Gasteiger partial charge < -0.3 is 0 Å². The van der Waals surface area contributed by atoms with Crippen LogP contribution in [0.2, 0.25) is 0 Å². The molecule has 2 aliphatic rings. The zero-order chi connectivity index (χ0) is 23.7. The van der Waals surface area contributed by atoms with Crippen molar-refractivity contribution in [3.8, 4) is 0 Å². The van der Waals surface area contributed by atoms with E-state index in [4.69, 9.17) is 0 Å². The zero-order valence-electron chi connectivity index (χ0n) is 23.1. The van der Waals surface area contributed by atoms with Crippen LogP contribution in [0.4, 0.5) is 0 Å². The lowest BCUT2D eigenvalue weighted by atomic mass is 9.71. The smallest absolute Gasteiger partial charge is 0.133 e. The van der Waals surface area contributed by atoms with Gasteiger partial charge in [-0.25, -0.2) is 0 Å². The summed E-state index contributed by atoms with van der Waals surface area (Å²) in [6.07, 6.45) is 32.4. The van der Waals surface area contributed by atoms with Gasteiger partial charge in [0.25, 0.3) is 0 Å². The minimum atomic E-state index is 0.310. The molecule has 2 fully saturated rings. The van der Waals surface area contributed by atoms with Crippen molar-refractivity contribution in [2.45, 2.75) is 168 Å². The van der Waals surface area contributed by atoms with Crippen LogP contribution < -0.4 is 0 Å². The summed E-state index contributed by atoms with van der Waals surface area (Å²) in [6, 6.07) is 0. The molecule has 2 aliphatic carbocycles. The first-order valence-electron chi connectivity index (χ1n) is 15.6. The maximum absolute atomic E-state index is 12.8. The fourth-order valence-electron chi connectivity index (χ4n) is 7.02. The first-order valence-corrected chi connectivity index (χ1v) is 15.6. The molecule has 0 aliphatic heterocycles. The lowest BCUT2D eigenvalue weighted by molar-refractivity contribution is -0.123. The van der Waals surface area contributed by atoms with Crippen LogP contribution in [-0.4, -0.2) is 5.78 Å². The van der Waals surface area contributed by atoms with E-state index in [-0.39, 0.29) is 0 Å². The number of ketones is 1. The average Bonchev–Trinajstić information content (AvgIpc) is 2.78. The highest BCUT2D eigenvalue weighted by Crippen LogP contribution is 2.38. The molecule has 2 rings (SSSR count). The summed E-state index contributed by atoms with van der Waals surface area (Å²) < 4.78 is 0. The molecular formula is C32H60O. The second-order valence-electron chi connectivity index (χ2n) is 12.4. The fourth-order valence-corrected chi connectivity index (χ4v) is 7.02. The molecule has 0 N–H and O–H groups in total. The Morgan fingerprint density at radius 3 is 1.42 bits per heavy atom. The van der Waals surface area contributed by atoms with Gasteiger partial charge in [-0.15, -0.1) is 0 Å². The van der Waals surface area contributed by atoms with E-state index in [2.05, 4.69) is 13.8 Å². The molecule has 0 aromatic rings. The van der Waals surface area contributed by atoms with Crippen molar-refractivity contribution in [2.24, 2.45) is 29.6 Å². The van der Waals surface area contributed by atoms with E-state index in [0.717, 1.165) is 17.8 Å². The molecule has 4 atom stereocenters. The van der Waals surface area contributed by atoms with Gasteiger partial charge in [-0.3, -0.25) is 4.79 Å². The maximum Gasteiger partial charge on any atom is 0.133 e. The lowest BCUT2D eigenvalue weighted by Gasteiger charge is -2.33. The number of Topliss-reactive ketones (excluding diaryl/α,β-unsaturated/α-hetero) is 1. The molecule has 2 saturated carbocycles. The number of hydrogen-bond acceptors (Lipinski definition) is 1. The highest BCUT2D eigenvalue weighted by Gasteiger charge is 2.30. The maximum atomic E-state index is 12.8. The van der Waals surface area contributed by atoms with Crippen molar-refractivity contribution in [3.05, 3.63) is 0 Å². The van der Waals surface area contributed by atoms with Crippen molar-refractivity contribution < 1.29 is 4.79 Å². The minimum absolute atomic E-state index is 0.310. The van der Waals surface area contributed by atoms with E-state index in [0.29, 0.717) is 17.6 Å². The van der Waals surface area contributed by atoms with Gasteiger partial charge in [0, 0.05) is 5.92 Å². The number of carbonyl (C=O) groups excluding carboxylic acids is 1. The zero-order valence-corrected chi connectivity index (χ0v) is 23.1. The summed E-state index contributed by atoms with van der Waals surface area (Å²) in [4.78, 5) is 12.8. The van der Waals surface area contributed by atoms with Crippen molar-refractivity contribution in [3.63, 3.8) is 0 Å². The monoisotopic (exact) mass is 460 g/mol. The number of rotatable bonds is 2. The number of hydrogen-bond donors (Lipinski definition) is 0. The quantitative estimate of drug-likeness (QED) is 0.400. The van der Waals surface area contributed by atoms with Crippen LogP contribution in [0.25, 0.3) is 0 Å². The molecule has 0 amide bonds. The lowest BCUT2D eigenvalue weighted by Crippen LogP contribution is -2.27. The van der Waals surface area contributed by atoms with Crippen molar-refractivity contribution in [2.75, 3.05) is 0 Å². The van der Waals surface area contributed by atoms with Gasteiger partial charge in [0.1, 0.15) is 5.78 Å². The third-order valence-corrected chi connectivity index (χ3v) is 9.47. The van der Waals surface area contributed by atoms with E-state index in [1.807, 2.05) is 6.92 Å². The molecule has 1 nitrogen and oxygen atoms in total. The third-order valence-electron chi connectivity index (χ3n) is 9.47. The van der Waals surface area contributed by atoms with Crippen molar-refractivity contribution in [1.82, 2.24) is 0 Å². The van der Waals surface area contributed by atoms with E-state index in [1.165, 1.54) is 148 Å². The molecule has 0 aromatic carbocycles. The summed E-state index contributed by atoms with van der Waals surface area (Å²) >= 11 is 0. The topological polar surface area (TPSA) is 17.1 Å². The SMILES string of the molecule is CC(=O)[C@H]1CC(C2CCCCCCCCCCCCCCC2)CCC(C)CCCCCC1C. The van der Waals surface area contributed by atoms with Gasteiger partial charge in [-0.1, -0.05) is 149 Å². The molecule has 0 aromatic heterocycles. The van der Waals surface area contributed by atoms with Crippen LogP contribution in [0.1, 0.15) is 168 Å². The Hall–Kier alpha value is -0.330. The Labute approximate surface area is 208 Å². The highest BCUT2D eigenvalue weighted by atomic mass is 16.1.